The maximum absolute atomic E-state index is 12.5. The number of nitrogens with zero attached hydrogens (tertiary/aromatic N) is 3. The molecular weight excluding hydrogens is 642 g/mol. The maximum Gasteiger partial charge on any atom is 0.340 e. The molecule has 0 spiro atoms. The highest BCUT2D eigenvalue weighted by Crippen LogP contribution is 2.58. The van der Waals surface area contributed by atoms with Gasteiger partial charge in [-0.15, -0.1) is 0 Å². The zero-order valence-electron chi connectivity index (χ0n) is 21.0. The Labute approximate surface area is 229 Å². The third-order valence-corrected chi connectivity index (χ3v) is 12.2. The average molecular weight is 669 g/mol. The van der Waals surface area contributed by atoms with Crippen molar-refractivity contribution < 1.29 is 71.3 Å². The first kappa shape index (κ1) is 33.8. The Hall–Kier alpha value is -1.66. The maximum atomic E-state index is 12.5. The Morgan fingerprint density at radius 3 is 2.24 bits per heavy atom. The molecule has 6 atom stereocenters. The van der Waals surface area contributed by atoms with Gasteiger partial charge in [0.15, 0.2) is 29.2 Å². The number of aromatic nitrogens is 4. The minimum Gasteiger partial charge on any atom is -0.386 e. The lowest BCUT2D eigenvalue weighted by atomic mass is 10.1. The molecule has 2 aromatic heterocycles. The van der Waals surface area contributed by atoms with Crippen LogP contribution in [-0.2, 0) is 36.8 Å². The third kappa shape index (κ3) is 9.16. The summed E-state index contributed by atoms with van der Waals surface area (Å²) in [6, 6.07) is 0. The summed E-state index contributed by atoms with van der Waals surface area (Å²) in [5.41, 5.74) is -1.42. The molecule has 41 heavy (non-hydrogen) atoms. The number of ether oxygens (including phenoxy) is 1. The summed E-state index contributed by atoms with van der Waals surface area (Å²) in [4.78, 5) is 90.8. The summed E-state index contributed by atoms with van der Waals surface area (Å²) in [7, 11) is -20.4. The molecule has 1 amide bonds. The number of fused-ring (bicyclic) bond motifs is 1. The molecule has 0 radical (unpaired) electrons. The first-order valence-corrected chi connectivity index (χ1v) is 18.4. The molecule has 0 aliphatic carbocycles. The molecule has 1 fully saturated rings. The largest absolute Gasteiger partial charge is 0.386 e. The van der Waals surface area contributed by atoms with Crippen LogP contribution in [0.1, 0.15) is 20.1 Å². The number of amides is 1. The van der Waals surface area contributed by atoms with Crippen molar-refractivity contribution in [3.8, 4) is 0 Å². The summed E-state index contributed by atoms with van der Waals surface area (Å²) < 4.78 is 63.1. The smallest absolute Gasteiger partial charge is 0.340 e. The standard InChI is InChI=1S/C16H27N5O16P4/c1-7(2)13(23)19-16-18-12-9(14(24)20-16)17-4-21(12)15-10(22)11(37-41(33,34)6-39(28,29)30)8(36-15)3-35-40(31,32)5-38(25,26)27/h4,7-8,10-11,15,22H,3,5-6H2,1-2H3,(H,31,32)(H,33,34)(H2,25,26,27)(H2,28,29,30)(H2,18,19,20,23,24)/t8-,10-,11-,15-/m1/s1. The molecule has 1 aliphatic rings. The van der Waals surface area contributed by atoms with Gasteiger partial charge in [-0.3, -0.25) is 47.2 Å². The highest BCUT2D eigenvalue weighted by atomic mass is 31.2. The van der Waals surface area contributed by atoms with Crippen LogP contribution < -0.4 is 10.9 Å². The summed E-state index contributed by atoms with van der Waals surface area (Å²) in [6.45, 7) is 2.05. The molecule has 0 saturated carbocycles. The Kier molecular flexibility index (Phi) is 10.0. The highest BCUT2D eigenvalue weighted by Gasteiger charge is 2.50. The van der Waals surface area contributed by atoms with Crippen LogP contribution in [0.15, 0.2) is 11.1 Å². The molecule has 1 saturated heterocycles. The molecule has 25 heteroatoms. The van der Waals surface area contributed by atoms with E-state index in [2.05, 4.69) is 24.8 Å². The number of rotatable bonds is 12. The van der Waals surface area contributed by atoms with E-state index >= 15 is 0 Å². The van der Waals surface area contributed by atoms with Crippen molar-refractivity contribution in [3.63, 3.8) is 0 Å². The van der Waals surface area contributed by atoms with Crippen molar-refractivity contribution in [3.05, 3.63) is 16.7 Å². The van der Waals surface area contributed by atoms with E-state index in [1.54, 1.807) is 13.8 Å². The number of aliphatic hydroxyl groups is 1. The van der Waals surface area contributed by atoms with E-state index in [0.717, 1.165) is 10.9 Å². The van der Waals surface area contributed by atoms with E-state index in [1.807, 2.05) is 0 Å². The summed E-state index contributed by atoms with van der Waals surface area (Å²) in [6.07, 6.45) is -6.54. The number of H-pyrrole nitrogens is 1. The van der Waals surface area contributed by atoms with Gasteiger partial charge in [-0.2, -0.15) is 4.98 Å². The zero-order chi connectivity index (χ0) is 31.1. The molecule has 3 heterocycles. The van der Waals surface area contributed by atoms with E-state index in [4.69, 9.17) is 28.8 Å². The molecule has 21 nitrogen and oxygen atoms in total. The van der Waals surface area contributed by atoms with Gasteiger partial charge in [0.1, 0.15) is 18.3 Å². The topological polar surface area (TPSA) is 330 Å². The van der Waals surface area contributed by atoms with Gasteiger partial charge >= 0.3 is 30.4 Å². The minimum absolute atomic E-state index is 0.283. The van der Waals surface area contributed by atoms with Gasteiger partial charge in [-0.1, -0.05) is 13.8 Å². The number of carbonyl (C=O) groups is 1. The average Bonchev–Trinajstić information content (AvgIpc) is 3.30. The lowest BCUT2D eigenvalue weighted by Crippen LogP contribution is -2.36. The number of nitrogens with one attached hydrogen (secondary N) is 2. The van der Waals surface area contributed by atoms with E-state index in [-0.39, 0.29) is 17.1 Å². The number of carbonyl (C=O) groups excluding carboxylic acids is 1. The van der Waals surface area contributed by atoms with Gasteiger partial charge < -0.3 is 43.7 Å². The van der Waals surface area contributed by atoms with Crippen LogP contribution in [0.3, 0.4) is 0 Å². The second-order valence-electron chi connectivity index (χ2n) is 9.19. The van der Waals surface area contributed by atoms with Crippen LogP contribution in [0.5, 0.6) is 0 Å². The van der Waals surface area contributed by atoms with Crippen LogP contribution in [0.25, 0.3) is 11.2 Å². The highest BCUT2D eigenvalue weighted by molar-refractivity contribution is 7.70. The first-order chi connectivity index (χ1) is 18.6. The molecular formula is C16H27N5O16P4. The fraction of sp³-hybridized carbons (Fsp3) is 0.625. The van der Waals surface area contributed by atoms with Gasteiger partial charge in [-0.05, 0) is 0 Å². The number of anilines is 1. The minimum atomic E-state index is -5.19. The summed E-state index contributed by atoms with van der Waals surface area (Å²) in [5.74, 6) is -4.63. The summed E-state index contributed by atoms with van der Waals surface area (Å²) in [5, 5.41) is 13.3. The molecule has 2 unspecified atom stereocenters. The van der Waals surface area contributed by atoms with Crippen LogP contribution in [0.2, 0.25) is 0 Å². The van der Waals surface area contributed by atoms with Gasteiger partial charge in [0.2, 0.25) is 11.9 Å². The number of imidazole rings is 1. The van der Waals surface area contributed by atoms with Crippen molar-refractivity contribution in [1.29, 1.82) is 0 Å². The third-order valence-electron chi connectivity index (χ3n) is 5.23. The lowest BCUT2D eigenvalue weighted by Gasteiger charge is -2.24. The molecule has 2 aromatic rings. The van der Waals surface area contributed by atoms with Gasteiger partial charge in [0.25, 0.3) is 5.56 Å². The Balaban J connectivity index is 1.99. The van der Waals surface area contributed by atoms with Crippen LogP contribution >= 0.6 is 30.4 Å². The normalized spacial score (nSPS) is 24.8. The quantitative estimate of drug-likeness (QED) is 0.123. The zero-order valence-corrected chi connectivity index (χ0v) is 24.6. The fourth-order valence-corrected chi connectivity index (χ4v) is 8.91. The molecule has 0 aromatic carbocycles. The number of aliphatic hydroxyl groups excluding tert-OH is 1. The van der Waals surface area contributed by atoms with E-state index in [0.29, 0.717) is 0 Å². The number of aromatic amines is 1. The van der Waals surface area contributed by atoms with E-state index in [9.17, 15) is 42.7 Å². The lowest BCUT2D eigenvalue weighted by molar-refractivity contribution is -0.118. The van der Waals surface area contributed by atoms with Gasteiger partial charge in [0, 0.05) is 5.92 Å². The Morgan fingerprint density at radius 2 is 1.68 bits per heavy atom. The monoisotopic (exact) mass is 669 g/mol. The number of hydrogen-bond donors (Lipinski definition) is 9. The molecule has 9 N–H and O–H groups in total. The van der Waals surface area contributed by atoms with Crippen molar-refractivity contribution in [2.75, 3.05) is 23.7 Å². The second-order valence-corrected chi connectivity index (χ2v) is 17.1. The SMILES string of the molecule is CC(C)C(=O)Nc1nc2c(ncn2[C@@H]2O[C@H](COP(=O)(O)CP(=O)(O)O)[C@@H](OP(=O)(O)CP(=O)(O)O)[C@H]2O)c(=O)[nH]1. The molecule has 0 bridgehead atoms. The Morgan fingerprint density at radius 1 is 1.10 bits per heavy atom. The molecule has 1 aliphatic heterocycles. The van der Waals surface area contributed by atoms with E-state index < -0.39 is 90.7 Å². The van der Waals surface area contributed by atoms with Crippen LogP contribution in [0, 0.1) is 5.92 Å². The predicted molar refractivity (Wildman–Crippen MR) is 136 cm³/mol. The van der Waals surface area contributed by atoms with Crippen molar-refractivity contribution in [2.24, 2.45) is 5.92 Å². The van der Waals surface area contributed by atoms with Gasteiger partial charge in [0.05, 0.1) is 12.9 Å². The van der Waals surface area contributed by atoms with E-state index in [1.165, 1.54) is 0 Å². The van der Waals surface area contributed by atoms with Crippen LogP contribution in [-0.4, -0.2) is 96.6 Å². The Bertz CT molecular complexity index is 1550. The van der Waals surface area contributed by atoms with Crippen LogP contribution in [0.4, 0.5) is 5.95 Å². The summed E-state index contributed by atoms with van der Waals surface area (Å²) >= 11 is 0. The predicted octanol–water partition coefficient (Wildman–Crippen LogP) is -0.985. The van der Waals surface area contributed by atoms with Crippen molar-refractivity contribution in [2.45, 2.75) is 38.4 Å². The van der Waals surface area contributed by atoms with Gasteiger partial charge in [-0.25, -0.2) is 4.98 Å². The van der Waals surface area contributed by atoms with Crippen molar-refractivity contribution >= 4 is 53.4 Å². The number of hydrogen-bond acceptors (Lipinski definition) is 12. The molecule has 3 rings (SSSR count). The second kappa shape index (κ2) is 12.1. The molecule has 232 valence electrons. The van der Waals surface area contributed by atoms with Crippen molar-refractivity contribution in [1.82, 2.24) is 19.5 Å². The first-order valence-electron chi connectivity index (χ1n) is 11.2. The fourth-order valence-electron chi connectivity index (χ4n) is 3.57.